The average Bonchev–Trinajstić information content (AvgIpc) is 2.51. The van der Waals surface area contributed by atoms with Crippen molar-refractivity contribution in [3.63, 3.8) is 0 Å². The van der Waals surface area contributed by atoms with Gasteiger partial charge in [-0.05, 0) is 38.0 Å². The molecule has 0 aliphatic heterocycles. The summed E-state index contributed by atoms with van der Waals surface area (Å²) < 4.78 is 11.2. The lowest BCUT2D eigenvalue weighted by atomic mass is 10.0. The van der Waals surface area contributed by atoms with Gasteiger partial charge >= 0.3 is 0 Å². The molecule has 0 saturated heterocycles. The zero-order chi connectivity index (χ0) is 15.7. The lowest BCUT2D eigenvalue weighted by Gasteiger charge is -2.25. The molecule has 0 radical (unpaired) electrons. The van der Waals surface area contributed by atoms with Crippen molar-refractivity contribution in [1.82, 2.24) is 0 Å². The maximum absolute atomic E-state index is 6.29. The van der Waals surface area contributed by atoms with Crippen LogP contribution < -0.4 is 10.5 Å². The lowest BCUT2D eigenvalue weighted by Crippen LogP contribution is -2.29. The molecule has 120 valence electrons. The van der Waals surface area contributed by atoms with E-state index in [0.29, 0.717) is 0 Å². The second kappa shape index (κ2) is 9.80. The Morgan fingerprint density at radius 2 is 1.71 bits per heavy atom. The number of hydrogen-bond donors (Lipinski definition) is 1. The molecule has 0 heterocycles. The Hall–Kier alpha value is -1.06. The van der Waals surface area contributed by atoms with Gasteiger partial charge in [0.25, 0.3) is 0 Å². The topological polar surface area (TPSA) is 44.5 Å². The zero-order valence-electron chi connectivity index (χ0n) is 14.0. The van der Waals surface area contributed by atoms with E-state index in [9.17, 15) is 0 Å². The van der Waals surface area contributed by atoms with Gasteiger partial charge in [-0.25, -0.2) is 0 Å². The molecule has 1 aromatic rings. The van der Waals surface area contributed by atoms with E-state index in [1.807, 2.05) is 24.3 Å². The Labute approximate surface area is 129 Å². The molecule has 3 heteroatoms. The van der Waals surface area contributed by atoms with Crippen molar-refractivity contribution in [3.05, 3.63) is 29.8 Å². The molecule has 0 amide bonds. The fraction of sp³-hybridized carbons (Fsp3) is 0.667. The van der Waals surface area contributed by atoms with Crippen LogP contribution in [0.4, 0.5) is 0 Å². The van der Waals surface area contributed by atoms with E-state index < -0.39 is 0 Å². The summed E-state index contributed by atoms with van der Waals surface area (Å²) in [6.45, 7) is 6.43. The lowest BCUT2D eigenvalue weighted by molar-refractivity contribution is -0.0105. The van der Waals surface area contributed by atoms with Gasteiger partial charge in [0.2, 0.25) is 0 Å². The molecule has 0 aliphatic carbocycles. The number of hydrogen-bond acceptors (Lipinski definition) is 3. The molecule has 3 unspecified atom stereocenters. The van der Waals surface area contributed by atoms with Crippen LogP contribution in [-0.4, -0.2) is 19.3 Å². The van der Waals surface area contributed by atoms with Crippen LogP contribution in [0, 0.1) is 0 Å². The van der Waals surface area contributed by atoms with Crippen molar-refractivity contribution in [1.29, 1.82) is 0 Å². The summed E-state index contributed by atoms with van der Waals surface area (Å²) in [4.78, 5) is 0. The van der Waals surface area contributed by atoms with Gasteiger partial charge in [0.15, 0.2) is 0 Å². The predicted octanol–water partition coefficient (Wildman–Crippen LogP) is 4.46. The van der Waals surface area contributed by atoms with Crippen molar-refractivity contribution in [2.45, 2.75) is 71.1 Å². The first kappa shape index (κ1) is 18.0. The molecule has 0 aromatic heterocycles. The Morgan fingerprint density at radius 3 is 2.29 bits per heavy atom. The molecule has 3 nitrogen and oxygen atoms in total. The first-order chi connectivity index (χ1) is 10.1. The largest absolute Gasteiger partial charge is 0.497 e. The van der Waals surface area contributed by atoms with E-state index in [4.69, 9.17) is 15.2 Å². The number of ether oxygens (including phenoxy) is 2. The molecule has 1 aromatic carbocycles. The number of benzene rings is 1. The molecule has 0 fully saturated rings. The molecule has 21 heavy (non-hydrogen) atoms. The molecule has 0 spiro atoms. The van der Waals surface area contributed by atoms with E-state index >= 15 is 0 Å². The van der Waals surface area contributed by atoms with Crippen molar-refractivity contribution in [2.24, 2.45) is 5.73 Å². The highest BCUT2D eigenvalue weighted by molar-refractivity contribution is 5.29. The molecule has 2 N–H and O–H groups in total. The van der Waals surface area contributed by atoms with E-state index in [1.54, 1.807) is 7.11 Å². The predicted molar refractivity (Wildman–Crippen MR) is 88.7 cm³/mol. The normalized spacial score (nSPS) is 15.5. The summed E-state index contributed by atoms with van der Waals surface area (Å²) in [6, 6.07) is 7.80. The minimum atomic E-state index is -0.103. The van der Waals surface area contributed by atoms with Gasteiger partial charge < -0.3 is 15.2 Å². The number of nitrogens with two attached hydrogens (primary N) is 1. The molecule has 0 aliphatic rings. The highest BCUT2D eigenvalue weighted by atomic mass is 16.5. The minimum absolute atomic E-state index is 0.0135. The van der Waals surface area contributed by atoms with Gasteiger partial charge in [-0.3, -0.25) is 0 Å². The number of unbranched alkanes of at least 4 members (excludes halogenated alkanes) is 3. The molecule has 1 rings (SSSR count). The third-order valence-electron chi connectivity index (χ3n) is 3.92. The van der Waals surface area contributed by atoms with Crippen LogP contribution in [0.25, 0.3) is 0 Å². The van der Waals surface area contributed by atoms with Crippen LogP contribution in [0.3, 0.4) is 0 Å². The highest BCUT2D eigenvalue weighted by Gasteiger charge is 2.18. The van der Waals surface area contributed by atoms with Gasteiger partial charge in [0.05, 0.1) is 25.4 Å². The quantitative estimate of drug-likeness (QED) is 0.648. The Kier molecular flexibility index (Phi) is 8.40. The Morgan fingerprint density at radius 1 is 1.05 bits per heavy atom. The smallest absolute Gasteiger partial charge is 0.118 e. The second-order valence-corrected chi connectivity index (χ2v) is 5.80. The summed E-state index contributed by atoms with van der Waals surface area (Å²) in [7, 11) is 1.67. The van der Waals surface area contributed by atoms with Crippen LogP contribution in [-0.2, 0) is 4.74 Å². The van der Waals surface area contributed by atoms with Gasteiger partial charge in [-0.1, -0.05) is 44.7 Å². The van der Waals surface area contributed by atoms with Gasteiger partial charge in [-0.2, -0.15) is 0 Å². The van der Waals surface area contributed by atoms with Gasteiger partial charge in [0.1, 0.15) is 5.75 Å². The second-order valence-electron chi connectivity index (χ2n) is 5.80. The standard InChI is InChI=1S/C18H31NO2/c1-5-6-7-8-9-14(2)21-15(3)18(19)16-10-12-17(20-4)13-11-16/h10-15,18H,5-9,19H2,1-4H3. The molecule has 3 atom stereocenters. The molecular formula is C18H31NO2. The molecule has 0 saturated carbocycles. The Balaban J connectivity index is 2.40. The third-order valence-corrected chi connectivity index (χ3v) is 3.92. The first-order valence-corrected chi connectivity index (χ1v) is 8.13. The van der Waals surface area contributed by atoms with Crippen LogP contribution in [0.2, 0.25) is 0 Å². The average molecular weight is 293 g/mol. The third kappa shape index (κ3) is 6.49. The van der Waals surface area contributed by atoms with Gasteiger partial charge in [-0.15, -0.1) is 0 Å². The van der Waals surface area contributed by atoms with Gasteiger partial charge in [0, 0.05) is 0 Å². The van der Waals surface area contributed by atoms with Crippen molar-refractivity contribution in [2.75, 3.05) is 7.11 Å². The minimum Gasteiger partial charge on any atom is -0.497 e. The number of rotatable bonds is 10. The van der Waals surface area contributed by atoms with Crippen molar-refractivity contribution >= 4 is 0 Å². The van der Waals surface area contributed by atoms with E-state index in [-0.39, 0.29) is 18.2 Å². The summed E-state index contributed by atoms with van der Waals surface area (Å²) in [6.07, 6.45) is 6.50. The van der Waals surface area contributed by atoms with Crippen LogP contribution in [0.5, 0.6) is 5.75 Å². The molecule has 0 bridgehead atoms. The summed E-state index contributed by atoms with van der Waals surface area (Å²) in [5.74, 6) is 0.851. The van der Waals surface area contributed by atoms with Crippen molar-refractivity contribution in [3.8, 4) is 5.75 Å². The summed E-state index contributed by atoms with van der Waals surface area (Å²) >= 11 is 0. The monoisotopic (exact) mass is 293 g/mol. The first-order valence-electron chi connectivity index (χ1n) is 8.13. The maximum atomic E-state index is 6.29. The van der Waals surface area contributed by atoms with E-state index in [1.165, 1.54) is 25.7 Å². The SMILES string of the molecule is CCCCCCC(C)OC(C)C(N)c1ccc(OC)cc1. The maximum Gasteiger partial charge on any atom is 0.118 e. The summed E-state index contributed by atoms with van der Waals surface area (Å²) in [5.41, 5.74) is 7.37. The van der Waals surface area contributed by atoms with E-state index in [2.05, 4.69) is 20.8 Å². The highest BCUT2D eigenvalue weighted by Crippen LogP contribution is 2.21. The zero-order valence-corrected chi connectivity index (χ0v) is 14.0. The fourth-order valence-corrected chi connectivity index (χ4v) is 2.47. The Bertz CT molecular complexity index is 377. The van der Waals surface area contributed by atoms with Crippen LogP contribution in [0.15, 0.2) is 24.3 Å². The van der Waals surface area contributed by atoms with Crippen LogP contribution >= 0.6 is 0 Å². The number of methoxy groups -OCH3 is 1. The molecular weight excluding hydrogens is 262 g/mol. The van der Waals surface area contributed by atoms with Crippen LogP contribution in [0.1, 0.15) is 64.5 Å². The van der Waals surface area contributed by atoms with E-state index in [0.717, 1.165) is 17.7 Å². The van der Waals surface area contributed by atoms with Crippen molar-refractivity contribution < 1.29 is 9.47 Å². The summed E-state index contributed by atoms with van der Waals surface area (Å²) in [5, 5.41) is 0. The fourth-order valence-electron chi connectivity index (χ4n) is 2.47.